The maximum atomic E-state index is 12.5. The molecule has 0 radical (unpaired) electrons. The van der Waals surface area contributed by atoms with E-state index >= 15 is 0 Å². The summed E-state index contributed by atoms with van der Waals surface area (Å²) in [5.74, 6) is -0.307. The molecule has 1 amide bonds. The first-order valence-corrected chi connectivity index (χ1v) is 11.1. The van der Waals surface area contributed by atoms with Crippen LogP contribution in [0.2, 0.25) is 0 Å². The summed E-state index contributed by atoms with van der Waals surface area (Å²) >= 11 is 3.33. The molecule has 0 bridgehead atoms. The SMILES string of the molecule is Cc1cc(C)n(CCCNC(=O)c2cc(S(=O)(=O)NC3CC3)ccc2Br)n1. The highest BCUT2D eigenvalue weighted by Gasteiger charge is 2.28. The van der Waals surface area contributed by atoms with E-state index in [0.717, 1.165) is 30.7 Å². The van der Waals surface area contributed by atoms with Gasteiger partial charge in [0.05, 0.1) is 16.2 Å². The van der Waals surface area contributed by atoms with Crippen molar-refractivity contribution in [2.24, 2.45) is 0 Å². The van der Waals surface area contributed by atoms with E-state index in [4.69, 9.17) is 0 Å². The summed E-state index contributed by atoms with van der Waals surface area (Å²) in [7, 11) is -3.60. The third-order valence-electron chi connectivity index (χ3n) is 4.33. The van der Waals surface area contributed by atoms with Crippen molar-refractivity contribution in [3.63, 3.8) is 0 Å². The smallest absolute Gasteiger partial charge is 0.252 e. The number of sulfonamides is 1. The number of nitrogens with zero attached hydrogens (tertiary/aromatic N) is 2. The van der Waals surface area contributed by atoms with Crippen LogP contribution < -0.4 is 10.0 Å². The van der Waals surface area contributed by atoms with E-state index in [1.165, 1.54) is 12.1 Å². The largest absolute Gasteiger partial charge is 0.352 e. The molecule has 3 rings (SSSR count). The minimum Gasteiger partial charge on any atom is -0.352 e. The molecule has 1 aliphatic rings. The highest BCUT2D eigenvalue weighted by atomic mass is 79.9. The van der Waals surface area contributed by atoms with Gasteiger partial charge < -0.3 is 5.32 Å². The van der Waals surface area contributed by atoms with Crippen LogP contribution >= 0.6 is 15.9 Å². The topological polar surface area (TPSA) is 93.1 Å². The summed E-state index contributed by atoms with van der Waals surface area (Å²) in [5, 5.41) is 7.23. The van der Waals surface area contributed by atoms with Gasteiger partial charge in [-0.15, -0.1) is 0 Å². The molecule has 7 nitrogen and oxygen atoms in total. The van der Waals surface area contributed by atoms with Crippen LogP contribution in [-0.4, -0.2) is 36.7 Å². The average Bonchev–Trinajstić information content (AvgIpc) is 3.34. The van der Waals surface area contributed by atoms with Gasteiger partial charge in [0.25, 0.3) is 5.91 Å². The van der Waals surface area contributed by atoms with Crippen molar-refractivity contribution in [1.82, 2.24) is 19.8 Å². The summed E-state index contributed by atoms with van der Waals surface area (Å²) < 4.78 is 29.8. The van der Waals surface area contributed by atoms with E-state index in [-0.39, 0.29) is 16.8 Å². The van der Waals surface area contributed by atoms with Crippen molar-refractivity contribution in [3.8, 4) is 0 Å². The Labute approximate surface area is 167 Å². The normalized spacial score (nSPS) is 14.3. The zero-order valence-electron chi connectivity index (χ0n) is 15.3. The Morgan fingerprint density at radius 3 is 2.67 bits per heavy atom. The zero-order valence-corrected chi connectivity index (χ0v) is 17.7. The van der Waals surface area contributed by atoms with Gasteiger partial charge in [-0.1, -0.05) is 0 Å². The van der Waals surface area contributed by atoms with Crippen molar-refractivity contribution in [2.45, 2.75) is 50.6 Å². The molecule has 0 saturated heterocycles. The predicted molar refractivity (Wildman–Crippen MR) is 106 cm³/mol. The van der Waals surface area contributed by atoms with Gasteiger partial charge in [-0.25, -0.2) is 13.1 Å². The Bertz CT molecular complexity index is 952. The van der Waals surface area contributed by atoms with E-state index in [2.05, 4.69) is 31.1 Å². The molecule has 1 aromatic heterocycles. The lowest BCUT2D eigenvalue weighted by Crippen LogP contribution is -2.28. The first-order valence-electron chi connectivity index (χ1n) is 8.87. The molecule has 1 aliphatic carbocycles. The van der Waals surface area contributed by atoms with Gasteiger partial charge >= 0.3 is 0 Å². The number of nitrogens with one attached hydrogen (secondary N) is 2. The fraction of sp³-hybridized carbons (Fsp3) is 0.444. The van der Waals surface area contributed by atoms with Crippen molar-refractivity contribution in [2.75, 3.05) is 6.54 Å². The number of carbonyl (C=O) groups excluding carboxylic acids is 1. The third kappa shape index (κ3) is 5.18. The molecule has 9 heteroatoms. The van der Waals surface area contributed by atoms with Crippen LogP contribution in [0.5, 0.6) is 0 Å². The number of rotatable bonds is 8. The van der Waals surface area contributed by atoms with Crippen LogP contribution in [-0.2, 0) is 16.6 Å². The van der Waals surface area contributed by atoms with Gasteiger partial charge in [0, 0.05) is 29.3 Å². The number of aromatic nitrogens is 2. The second-order valence-electron chi connectivity index (χ2n) is 6.80. The second-order valence-corrected chi connectivity index (χ2v) is 9.37. The summed E-state index contributed by atoms with van der Waals surface area (Å²) in [6.45, 7) is 5.13. The fourth-order valence-corrected chi connectivity index (χ4v) is 4.52. The number of amides is 1. The van der Waals surface area contributed by atoms with Crippen molar-refractivity contribution in [1.29, 1.82) is 0 Å². The highest BCUT2D eigenvalue weighted by Crippen LogP contribution is 2.25. The maximum absolute atomic E-state index is 12.5. The Hall–Kier alpha value is -1.71. The van der Waals surface area contributed by atoms with Crippen LogP contribution in [0.25, 0.3) is 0 Å². The molecule has 0 aliphatic heterocycles. The predicted octanol–water partition coefficient (Wildman–Crippen LogP) is 2.52. The number of benzene rings is 1. The molecule has 27 heavy (non-hydrogen) atoms. The van der Waals surface area contributed by atoms with Crippen LogP contribution in [0, 0.1) is 13.8 Å². The summed E-state index contributed by atoms with van der Waals surface area (Å²) in [5.41, 5.74) is 2.36. The van der Waals surface area contributed by atoms with Crippen molar-refractivity contribution < 1.29 is 13.2 Å². The second kappa shape index (κ2) is 8.12. The monoisotopic (exact) mass is 454 g/mol. The maximum Gasteiger partial charge on any atom is 0.252 e. The molecule has 1 aromatic carbocycles. The van der Waals surface area contributed by atoms with E-state index in [9.17, 15) is 13.2 Å². The Kier molecular flexibility index (Phi) is 6.02. The molecule has 2 N–H and O–H groups in total. The zero-order chi connectivity index (χ0) is 19.6. The summed E-state index contributed by atoms with van der Waals surface area (Å²) in [6.07, 6.45) is 2.45. The van der Waals surface area contributed by atoms with Gasteiger partial charge in [-0.05, 0) is 73.3 Å². The van der Waals surface area contributed by atoms with Crippen LogP contribution in [0.1, 0.15) is 41.0 Å². The van der Waals surface area contributed by atoms with Gasteiger partial charge in [-0.3, -0.25) is 9.48 Å². The van der Waals surface area contributed by atoms with Gasteiger partial charge in [0.2, 0.25) is 10.0 Å². The Morgan fingerprint density at radius 2 is 2.04 bits per heavy atom. The molecular weight excluding hydrogens is 432 g/mol. The standard InChI is InChI=1S/C18H23BrN4O3S/c1-12-10-13(2)23(21-12)9-3-8-20-18(24)16-11-15(6-7-17(16)19)27(25,26)22-14-4-5-14/h6-7,10-11,14,22H,3-5,8-9H2,1-2H3,(H,20,24). The molecule has 1 fully saturated rings. The lowest BCUT2D eigenvalue weighted by Gasteiger charge is -2.10. The van der Waals surface area contributed by atoms with Crippen molar-refractivity contribution in [3.05, 3.63) is 45.7 Å². The van der Waals surface area contributed by atoms with Crippen molar-refractivity contribution >= 4 is 31.9 Å². The fourth-order valence-electron chi connectivity index (χ4n) is 2.76. The molecular formula is C18H23BrN4O3S. The summed E-state index contributed by atoms with van der Waals surface area (Å²) in [6, 6.07) is 6.52. The number of carbonyl (C=O) groups is 1. The Balaban J connectivity index is 1.60. The quantitative estimate of drug-likeness (QED) is 0.599. The van der Waals surface area contributed by atoms with Gasteiger partial charge in [-0.2, -0.15) is 5.10 Å². The molecule has 146 valence electrons. The van der Waals surface area contributed by atoms with Gasteiger partial charge in [0.1, 0.15) is 0 Å². The molecule has 2 aromatic rings. The van der Waals surface area contributed by atoms with Gasteiger partial charge in [0.15, 0.2) is 0 Å². The number of halogens is 1. The van der Waals surface area contributed by atoms with Crippen LogP contribution in [0.4, 0.5) is 0 Å². The van der Waals surface area contributed by atoms with Crippen LogP contribution in [0.15, 0.2) is 33.6 Å². The first kappa shape index (κ1) is 20.0. The molecule has 1 saturated carbocycles. The van der Waals surface area contributed by atoms with E-state index in [1.807, 2.05) is 24.6 Å². The van der Waals surface area contributed by atoms with E-state index < -0.39 is 10.0 Å². The van der Waals surface area contributed by atoms with E-state index in [1.54, 1.807) is 6.07 Å². The minimum atomic E-state index is -3.60. The lowest BCUT2D eigenvalue weighted by molar-refractivity contribution is 0.0951. The minimum absolute atomic E-state index is 0.0188. The number of hydrogen-bond donors (Lipinski definition) is 2. The van der Waals surface area contributed by atoms with E-state index in [0.29, 0.717) is 23.1 Å². The number of hydrogen-bond acceptors (Lipinski definition) is 4. The average molecular weight is 455 g/mol. The molecule has 0 unspecified atom stereocenters. The lowest BCUT2D eigenvalue weighted by atomic mass is 10.2. The first-order chi connectivity index (χ1) is 12.8. The molecule has 0 atom stereocenters. The highest BCUT2D eigenvalue weighted by molar-refractivity contribution is 9.10. The summed E-state index contributed by atoms with van der Waals surface area (Å²) in [4.78, 5) is 12.6. The number of aryl methyl sites for hydroxylation is 3. The third-order valence-corrected chi connectivity index (χ3v) is 6.54. The molecule has 0 spiro atoms. The molecule has 1 heterocycles. The van der Waals surface area contributed by atoms with Crippen LogP contribution in [0.3, 0.4) is 0 Å². The Morgan fingerprint density at radius 1 is 1.30 bits per heavy atom.